The molecule has 1 aliphatic rings. The van der Waals surface area contributed by atoms with Crippen molar-refractivity contribution in [1.82, 2.24) is 4.90 Å². The number of esters is 1. The zero-order valence-electron chi connectivity index (χ0n) is 8.58. The van der Waals surface area contributed by atoms with Crippen molar-refractivity contribution in [2.45, 2.75) is 38.6 Å². The second kappa shape index (κ2) is 5.22. The first kappa shape index (κ1) is 10.5. The smallest absolute Gasteiger partial charge is 0.323 e. The monoisotopic (exact) mass is 185 g/mol. The van der Waals surface area contributed by atoms with Crippen LogP contribution in [0.5, 0.6) is 0 Å². The van der Waals surface area contributed by atoms with Crippen LogP contribution in [0.15, 0.2) is 0 Å². The van der Waals surface area contributed by atoms with Crippen LogP contribution in [0.4, 0.5) is 0 Å². The van der Waals surface area contributed by atoms with Crippen molar-refractivity contribution in [1.29, 1.82) is 0 Å². The van der Waals surface area contributed by atoms with Crippen LogP contribution in [-0.2, 0) is 9.53 Å². The van der Waals surface area contributed by atoms with Crippen molar-refractivity contribution in [3.63, 3.8) is 0 Å². The van der Waals surface area contributed by atoms with E-state index < -0.39 is 0 Å². The Bertz CT molecular complexity index is 170. The Morgan fingerprint density at radius 2 is 2.38 bits per heavy atom. The minimum absolute atomic E-state index is 0.0385. The Morgan fingerprint density at radius 1 is 1.62 bits per heavy atom. The first-order valence-corrected chi connectivity index (χ1v) is 5.11. The fourth-order valence-electron chi connectivity index (χ4n) is 1.86. The van der Waals surface area contributed by atoms with Gasteiger partial charge in [0.05, 0.1) is 7.11 Å². The summed E-state index contributed by atoms with van der Waals surface area (Å²) in [6.45, 7) is 4.26. The van der Waals surface area contributed by atoms with E-state index in [1.807, 2.05) is 0 Å². The van der Waals surface area contributed by atoms with E-state index in [0.717, 1.165) is 25.9 Å². The molecule has 1 unspecified atom stereocenters. The Morgan fingerprint density at radius 3 is 3.00 bits per heavy atom. The second-order valence-corrected chi connectivity index (χ2v) is 3.57. The van der Waals surface area contributed by atoms with Gasteiger partial charge in [0, 0.05) is 0 Å². The second-order valence-electron chi connectivity index (χ2n) is 3.57. The molecule has 0 N–H and O–H groups in total. The van der Waals surface area contributed by atoms with Crippen LogP contribution in [0.3, 0.4) is 0 Å². The van der Waals surface area contributed by atoms with Crippen LogP contribution in [0.1, 0.15) is 32.6 Å². The Labute approximate surface area is 80.1 Å². The number of nitrogens with zero attached hydrogens (tertiary/aromatic N) is 1. The molecule has 1 rings (SSSR count). The summed E-state index contributed by atoms with van der Waals surface area (Å²) in [6.07, 6.45) is 4.46. The van der Waals surface area contributed by atoms with E-state index in [0.29, 0.717) is 0 Å². The van der Waals surface area contributed by atoms with Gasteiger partial charge in [0.15, 0.2) is 0 Å². The molecule has 0 spiro atoms. The molecule has 76 valence electrons. The van der Waals surface area contributed by atoms with E-state index in [-0.39, 0.29) is 12.0 Å². The highest BCUT2D eigenvalue weighted by atomic mass is 16.5. The molecule has 1 saturated heterocycles. The number of ether oxygens (including phenoxy) is 1. The molecule has 3 heteroatoms. The molecule has 0 saturated carbocycles. The number of hydrogen-bond acceptors (Lipinski definition) is 3. The Hall–Kier alpha value is -0.570. The fraction of sp³-hybridized carbons (Fsp3) is 0.900. The van der Waals surface area contributed by atoms with Gasteiger partial charge in [-0.3, -0.25) is 9.69 Å². The van der Waals surface area contributed by atoms with Gasteiger partial charge in [0.2, 0.25) is 0 Å². The molecule has 1 fully saturated rings. The van der Waals surface area contributed by atoms with Crippen molar-refractivity contribution in [2.75, 3.05) is 20.2 Å². The third kappa shape index (κ3) is 2.69. The lowest BCUT2D eigenvalue weighted by Gasteiger charge is -2.21. The minimum atomic E-state index is -0.0615. The summed E-state index contributed by atoms with van der Waals surface area (Å²) in [5.41, 5.74) is 0. The molecule has 0 amide bonds. The standard InChI is InChI=1S/C10H19NO2/c1-3-4-7-11-8-5-6-9(11)10(12)13-2/h9H,3-8H2,1-2H3. The van der Waals surface area contributed by atoms with Crippen molar-refractivity contribution in [3.05, 3.63) is 0 Å². The molecule has 0 radical (unpaired) electrons. The van der Waals surface area contributed by atoms with E-state index >= 15 is 0 Å². The number of rotatable bonds is 4. The van der Waals surface area contributed by atoms with Crippen LogP contribution < -0.4 is 0 Å². The van der Waals surface area contributed by atoms with Crippen molar-refractivity contribution in [2.24, 2.45) is 0 Å². The summed E-state index contributed by atoms with van der Waals surface area (Å²) in [5, 5.41) is 0. The number of unbranched alkanes of at least 4 members (excludes halogenated alkanes) is 1. The molecular formula is C10H19NO2. The molecular weight excluding hydrogens is 166 g/mol. The fourth-order valence-corrected chi connectivity index (χ4v) is 1.86. The molecule has 13 heavy (non-hydrogen) atoms. The number of carbonyl (C=O) groups is 1. The van der Waals surface area contributed by atoms with Gasteiger partial charge >= 0.3 is 5.97 Å². The van der Waals surface area contributed by atoms with Crippen LogP contribution >= 0.6 is 0 Å². The normalized spacial score (nSPS) is 23.4. The Balaban J connectivity index is 2.39. The van der Waals surface area contributed by atoms with E-state index in [4.69, 9.17) is 4.74 Å². The SMILES string of the molecule is CCCCN1CCCC1C(=O)OC. The highest BCUT2D eigenvalue weighted by Gasteiger charge is 2.30. The lowest BCUT2D eigenvalue weighted by Crippen LogP contribution is -2.37. The summed E-state index contributed by atoms with van der Waals surface area (Å²) < 4.78 is 4.76. The summed E-state index contributed by atoms with van der Waals surface area (Å²) in [4.78, 5) is 13.6. The third-order valence-corrected chi connectivity index (χ3v) is 2.64. The van der Waals surface area contributed by atoms with Gasteiger partial charge < -0.3 is 4.74 Å². The summed E-state index contributed by atoms with van der Waals surface area (Å²) >= 11 is 0. The quantitative estimate of drug-likeness (QED) is 0.620. The summed E-state index contributed by atoms with van der Waals surface area (Å²) in [6, 6.07) is 0.0385. The molecule has 0 aliphatic carbocycles. The molecule has 1 heterocycles. The molecule has 0 aromatic rings. The van der Waals surface area contributed by atoms with Crippen LogP contribution in [0, 0.1) is 0 Å². The van der Waals surface area contributed by atoms with Crippen molar-refractivity contribution in [3.8, 4) is 0 Å². The van der Waals surface area contributed by atoms with E-state index in [2.05, 4.69) is 11.8 Å². The van der Waals surface area contributed by atoms with E-state index in [1.165, 1.54) is 20.0 Å². The molecule has 0 bridgehead atoms. The van der Waals surface area contributed by atoms with Crippen LogP contribution in [0.25, 0.3) is 0 Å². The number of likely N-dealkylation sites (tertiary alicyclic amines) is 1. The van der Waals surface area contributed by atoms with Gasteiger partial charge in [-0.25, -0.2) is 0 Å². The molecule has 1 atom stereocenters. The van der Waals surface area contributed by atoms with Crippen LogP contribution in [0.2, 0.25) is 0 Å². The largest absolute Gasteiger partial charge is 0.468 e. The van der Waals surface area contributed by atoms with E-state index in [9.17, 15) is 4.79 Å². The Kier molecular flexibility index (Phi) is 4.22. The number of hydrogen-bond donors (Lipinski definition) is 0. The maximum absolute atomic E-state index is 11.3. The maximum Gasteiger partial charge on any atom is 0.323 e. The first-order valence-electron chi connectivity index (χ1n) is 5.11. The van der Waals surface area contributed by atoms with Gasteiger partial charge in [0.1, 0.15) is 6.04 Å². The van der Waals surface area contributed by atoms with Gasteiger partial charge in [-0.15, -0.1) is 0 Å². The highest BCUT2D eigenvalue weighted by molar-refractivity contribution is 5.75. The third-order valence-electron chi connectivity index (χ3n) is 2.64. The minimum Gasteiger partial charge on any atom is -0.468 e. The van der Waals surface area contributed by atoms with Gasteiger partial charge in [-0.2, -0.15) is 0 Å². The zero-order valence-corrected chi connectivity index (χ0v) is 8.58. The molecule has 1 aliphatic heterocycles. The maximum atomic E-state index is 11.3. The number of carbonyl (C=O) groups excluding carboxylic acids is 1. The van der Waals surface area contributed by atoms with Crippen molar-refractivity contribution < 1.29 is 9.53 Å². The first-order chi connectivity index (χ1) is 6.29. The lowest BCUT2D eigenvalue weighted by atomic mass is 10.2. The van der Waals surface area contributed by atoms with Crippen molar-refractivity contribution >= 4 is 5.97 Å². The molecule has 0 aromatic carbocycles. The lowest BCUT2D eigenvalue weighted by molar-refractivity contribution is -0.145. The zero-order chi connectivity index (χ0) is 9.68. The topological polar surface area (TPSA) is 29.5 Å². The highest BCUT2D eigenvalue weighted by Crippen LogP contribution is 2.18. The predicted molar refractivity (Wildman–Crippen MR) is 51.5 cm³/mol. The molecule has 0 aromatic heterocycles. The number of methoxy groups -OCH3 is 1. The van der Waals surface area contributed by atoms with E-state index in [1.54, 1.807) is 0 Å². The summed E-state index contributed by atoms with van der Waals surface area (Å²) in [7, 11) is 1.47. The average Bonchev–Trinajstić information content (AvgIpc) is 2.61. The van der Waals surface area contributed by atoms with Crippen LogP contribution in [-0.4, -0.2) is 37.1 Å². The molecule has 3 nitrogen and oxygen atoms in total. The van der Waals surface area contributed by atoms with Gasteiger partial charge in [-0.1, -0.05) is 13.3 Å². The van der Waals surface area contributed by atoms with Gasteiger partial charge in [0.25, 0.3) is 0 Å². The van der Waals surface area contributed by atoms with Gasteiger partial charge in [-0.05, 0) is 32.4 Å². The predicted octanol–water partition coefficient (Wildman–Crippen LogP) is 1.42. The average molecular weight is 185 g/mol. The summed E-state index contributed by atoms with van der Waals surface area (Å²) in [5.74, 6) is -0.0615.